The molecule has 0 N–H and O–H groups in total. The lowest BCUT2D eigenvalue weighted by Crippen LogP contribution is -2.06. The monoisotopic (exact) mass is 250 g/mol. The third kappa shape index (κ3) is 3.46. The van der Waals surface area contributed by atoms with E-state index in [1.54, 1.807) is 0 Å². The molecule has 0 amide bonds. The fourth-order valence-corrected chi connectivity index (χ4v) is 0.993. The molecule has 0 aromatic heterocycles. The minimum Gasteiger partial charge on any atom is -0.290 e. The van der Waals surface area contributed by atoms with Crippen molar-refractivity contribution in [3.05, 3.63) is 10.0 Å². The summed E-state index contributed by atoms with van der Waals surface area (Å²) in [5.74, 6) is -0.437. The Kier molecular flexibility index (Phi) is 4.94. The first kappa shape index (κ1) is 9.76. The number of hydrogen-bond donors (Lipinski definition) is 0. The summed E-state index contributed by atoms with van der Waals surface area (Å²) in [6.07, 6.45) is 0. The Balaban J connectivity index is 4.06. The van der Waals surface area contributed by atoms with E-state index in [1.807, 2.05) is 0 Å². The van der Waals surface area contributed by atoms with Crippen LogP contribution in [0.15, 0.2) is 10.0 Å². The topological polar surface area (TPSA) is 17.1 Å². The van der Waals surface area contributed by atoms with Gasteiger partial charge in [0.25, 0.3) is 0 Å². The lowest BCUT2D eigenvalue weighted by Gasteiger charge is -1.94. The molecule has 0 saturated carbocycles. The molecule has 9 heavy (non-hydrogen) atoms. The van der Waals surface area contributed by atoms with Crippen LogP contribution in [0.2, 0.25) is 0 Å². The number of alkyl halides is 2. The van der Waals surface area contributed by atoms with Crippen LogP contribution in [0.3, 0.4) is 0 Å². The molecule has 0 heterocycles. The SMILES string of the molecule is O=C(/C(Br)=C/Cl)C(Cl)Cl. The molecule has 0 bridgehead atoms. The van der Waals surface area contributed by atoms with Crippen LogP contribution in [0, 0.1) is 0 Å². The molecule has 0 radical (unpaired) electrons. The first-order chi connectivity index (χ1) is 4.09. The second-order valence-electron chi connectivity index (χ2n) is 1.12. The summed E-state index contributed by atoms with van der Waals surface area (Å²) in [5, 5.41) is 0. The van der Waals surface area contributed by atoms with Crippen LogP contribution in [0.4, 0.5) is 0 Å². The van der Waals surface area contributed by atoms with Gasteiger partial charge < -0.3 is 0 Å². The summed E-state index contributed by atoms with van der Waals surface area (Å²) in [4.78, 5) is 9.56. The second kappa shape index (κ2) is 4.56. The van der Waals surface area contributed by atoms with Gasteiger partial charge in [0.15, 0.2) is 4.84 Å². The van der Waals surface area contributed by atoms with Gasteiger partial charge in [0.05, 0.1) is 4.48 Å². The third-order valence-corrected chi connectivity index (χ3v) is 2.03. The summed E-state index contributed by atoms with van der Waals surface area (Å²) in [6, 6.07) is 0. The summed E-state index contributed by atoms with van der Waals surface area (Å²) in [7, 11) is 0. The first-order valence-electron chi connectivity index (χ1n) is 1.88. The Labute approximate surface area is 76.1 Å². The molecule has 0 unspecified atom stereocenters. The van der Waals surface area contributed by atoms with Crippen molar-refractivity contribution in [2.75, 3.05) is 0 Å². The number of halogens is 4. The van der Waals surface area contributed by atoms with Crippen molar-refractivity contribution in [2.45, 2.75) is 4.84 Å². The van der Waals surface area contributed by atoms with Crippen molar-refractivity contribution >= 4 is 56.5 Å². The molecular weight excluding hydrogens is 250 g/mol. The Morgan fingerprint density at radius 3 is 2.11 bits per heavy atom. The highest BCUT2D eigenvalue weighted by atomic mass is 79.9. The molecule has 5 heteroatoms. The number of allylic oxidation sites excluding steroid dienone is 1. The maximum Gasteiger partial charge on any atom is 0.203 e. The Hall–Kier alpha value is 0.760. The van der Waals surface area contributed by atoms with Gasteiger partial charge in [-0.2, -0.15) is 0 Å². The zero-order chi connectivity index (χ0) is 7.44. The Morgan fingerprint density at radius 1 is 1.56 bits per heavy atom. The predicted molar refractivity (Wildman–Crippen MR) is 43.4 cm³/mol. The van der Waals surface area contributed by atoms with E-state index in [-0.39, 0.29) is 4.48 Å². The first-order valence-corrected chi connectivity index (χ1v) is 3.98. The summed E-state index contributed by atoms with van der Waals surface area (Å²) < 4.78 is 0.180. The Bertz CT molecular complexity index is 143. The predicted octanol–water partition coefficient (Wildman–Crippen LogP) is 2.83. The standard InChI is InChI=1S/C4H2BrCl3O/c5-2(1-6)3(9)4(7)8/h1,4H/b2-1-. The van der Waals surface area contributed by atoms with E-state index in [9.17, 15) is 4.79 Å². The van der Waals surface area contributed by atoms with Crippen molar-refractivity contribution in [1.29, 1.82) is 0 Å². The van der Waals surface area contributed by atoms with E-state index in [1.165, 1.54) is 0 Å². The van der Waals surface area contributed by atoms with Crippen LogP contribution in [-0.4, -0.2) is 10.6 Å². The molecule has 0 aliphatic rings. The van der Waals surface area contributed by atoms with Crippen molar-refractivity contribution in [3.8, 4) is 0 Å². The molecular formula is C4H2BrCl3O. The molecule has 52 valence electrons. The molecule has 0 spiro atoms. The average Bonchev–Trinajstić information content (AvgIpc) is 1.84. The largest absolute Gasteiger partial charge is 0.290 e. The van der Waals surface area contributed by atoms with Crippen LogP contribution in [-0.2, 0) is 4.79 Å². The maximum atomic E-state index is 10.6. The van der Waals surface area contributed by atoms with Gasteiger partial charge in [-0.3, -0.25) is 4.79 Å². The van der Waals surface area contributed by atoms with Gasteiger partial charge in [0.2, 0.25) is 5.78 Å². The van der Waals surface area contributed by atoms with Crippen molar-refractivity contribution in [2.24, 2.45) is 0 Å². The molecule has 1 nitrogen and oxygen atoms in total. The van der Waals surface area contributed by atoms with Gasteiger partial charge in [0, 0.05) is 5.54 Å². The van der Waals surface area contributed by atoms with Crippen LogP contribution in [0.5, 0.6) is 0 Å². The fraction of sp³-hybridized carbons (Fsp3) is 0.250. The number of ketones is 1. The van der Waals surface area contributed by atoms with Crippen LogP contribution in [0.25, 0.3) is 0 Å². The van der Waals surface area contributed by atoms with Crippen molar-refractivity contribution in [3.63, 3.8) is 0 Å². The molecule has 0 atom stereocenters. The van der Waals surface area contributed by atoms with Gasteiger partial charge in [-0.25, -0.2) is 0 Å². The smallest absolute Gasteiger partial charge is 0.203 e. The highest BCUT2D eigenvalue weighted by molar-refractivity contribution is 9.12. The molecule has 0 fully saturated rings. The number of carbonyl (C=O) groups is 1. The normalized spacial score (nSPS) is 12.3. The van der Waals surface area contributed by atoms with E-state index < -0.39 is 10.6 Å². The van der Waals surface area contributed by atoms with Crippen molar-refractivity contribution in [1.82, 2.24) is 0 Å². The average molecular weight is 252 g/mol. The second-order valence-corrected chi connectivity index (χ2v) is 3.29. The van der Waals surface area contributed by atoms with E-state index >= 15 is 0 Å². The molecule has 0 aromatic rings. The molecule has 0 aliphatic heterocycles. The number of hydrogen-bond acceptors (Lipinski definition) is 1. The lowest BCUT2D eigenvalue weighted by molar-refractivity contribution is -0.113. The summed E-state index contributed by atoms with van der Waals surface area (Å²) >= 11 is 18.4. The summed E-state index contributed by atoms with van der Waals surface area (Å²) in [5.41, 5.74) is 1.07. The highest BCUT2D eigenvalue weighted by Crippen LogP contribution is 2.15. The Morgan fingerprint density at radius 2 is 2.00 bits per heavy atom. The lowest BCUT2D eigenvalue weighted by atomic mass is 10.4. The third-order valence-electron chi connectivity index (χ3n) is 0.529. The molecule has 0 saturated heterocycles. The zero-order valence-corrected chi connectivity index (χ0v) is 7.93. The minimum atomic E-state index is -1.05. The van der Waals surface area contributed by atoms with Crippen molar-refractivity contribution < 1.29 is 4.79 Å². The van der Waals surface area contributed by atoms with E-state index in [2.05, 4.69) is 15.9 Å². The zero-order valence-electron chi connectivity index (χ0n) is 4.07. The summed E-state index contributed by atoms with van der Waals surface area (Å²) in [6.45, 7) is 0. The minimum absolute atomic E-state index is 0.180. The van der Waals surface area contributed by atoms with Gasteiger partial charge in [-0.05, 0) is 15.9 Å². The highest BCUT2D eigenvalue weighted by Gasteiger charge is 2.13. The van der Waals surface area contributed by atoms with Gasteiger partial charge in [0.1, 0.15) is 0 Å². The molecule has 0 aromatic carbocycles. The number of rotatable bonds is 2. The quantitative estimate of drug-likeness (QED) is 0.545. The van der Waals surface area contributed by atoms with Gasteiger partial charge in [-0.1, -0.05) is 34.8 Å². The van der Waals surface area contributed by atoms with E-state index in [0.717, 1.165) is 5.54 Å². The van der Waals surface area contributed by atoms with Crippen LogP contribution < -0.4 is 0 Å². The molecule has 0 rings (SSSR count). The fourth-order valence-electron chi connectivity index (χ4n) is 0.158. The van der Waals surface area contributed by atoms with Crippen LogP contribution in [0.1, 0.15) is 0 Å². The maximum absolute atomic E-state index is 10.6. The van der Waals surface area contributed by atoms with E-state index in [4.69, 9.17) is 34.8 Å². The van der Waals surface area contributed by atoms with Gasteiger partial charge in [-0.15, -0.1) is 0 Å². The van der Waals surface area contributed by atoms with Gasteiger partial charge >= 0.3 is 0 Å². The van der Waals surface area contributed by atoms with Crippen LogP contribution >= 0.6 is 50.7 Å². The van der Waals surface area contributed by atoms with E-state index in [0.29, 0.717) is 0 Å². The number of carbonyl (C=O) groups excluding carboxylic acids is 1. The molecule has 0 aliphatic carbocycles. The number of Topliss-reactive ketones (excluding diaryl/α,β-unsaturated/α-hetero) is 1.